The van der Waals surface area contributed by atoms with Crippen LogP contribution in [0, 0.1) is 11.8 Å². The molecule has 0 radical (unpaired) electrons. The fourth-order valence-corrected chi connectivity index (χ4v) is 1.40. The van der Waals surface area contributed by atoms with E-state index in [-0.39, 0.29) is 6.42 Å². The van der Waals surface area contributed by atoms with Crippen LogP contribution >= 0.6 is 24.2 Å². The number of carboxylic acid groups (broad SMARTS) is 1. The lowest BCUT2D eigenvalue weighted by Gasteiger charge is -2.01. The molecule has 0 unspecified atom stereocenters. The first-order valence-electron chi connectivity index (χ1n) is 4.23. The molecule has 0 bridgehead atoms. The number of benzene rings is 1. The Bertz CT molecular complexity index is 432. The van der Waals surface area contributed by atoms with Gasteiger partial charge in [0.1, 0.15) is 0 Å². The number of hydrogen-bond donors (Lipinski definition) is 2. The SMILES string of the molecule is O=C(O)Cc1cc(Cl)ccc1C#CCS. The summed E-state index contributed by atoms with van der Waals surface area (Å²) in [6.45, 7) is 0. The predicted molar refractivity (Wildman–Crippen MR) is 63.5 cm³/mol. The Kier molecular flexibility index (Phi) is 4.54. The lowest BCUT2D eigenvalue weighted by molar-refractivity contribution is -0.136. The first kappa shape index (κ1) is 12.0. The van der Waals surface area contributed by atoms with Crippen molar-refractivity contribution in [3.63, 3.8) is 0 Å². The molecule has 0 spiro atoms. The van der Waals surface area contributed by atoms with Crippen LogP contribution in [0.1, 0.15) is 11.1 Å². The van der Waals surface area contributed by atoms with Gasteiger partial charge in [-0.1, -0.05) is 23.4 Å². The third-order valence-corrected chi connectivity index (χ3v) is 2.10. The zero-order valence-electron chi connectivity index (χ0n) is 7.83. The van der Waals surface area contributed by atoms with E-state index in [4.69, 9.17) is 16.7 Å². The van der Waals surface area contributed by atoms with Crippen molar-refractivity contribution in [3.05, 3.63) is 34.3 Å². The number of thiol groups is 1. The largest absolute Gasteiger partial charge is 0.481 e. The van der Waals surface area contributed by atoms with Gasteiger partial charge in [0, 0.05) is 10.6 Å². The van der Waals surface area contributed by atoms with E-state index >= 15 is 0 Å². The predicted octanol–water partition coefficient (Wildman–Crippen LogP) is 2.25. The summed E-state index contributed by atoms with van der Waals surface area (Å²) in [6, 6.07) is 5.03. The van der Waals surface area contributed by atoms with E-state index in [1.54, 1.807) is 18.2 Å². The first-order chi connectivity index (χ1) is 7.13. The van der Waals surface area contributed by atoms with Crippen molar-refractivity contribution in [2.24, 2.45) is 0 Å². The Hall–Kier alpha value is -1.11. The number of hydrogen-bond acceptors (Lipinski definition) is 2. The molecule has 0 aliphatic heterocycles. The van der Waals surface area contributed by atoms with Crippen molar-refractivity contribution in [1.29, 1.82) is 0 Å². The summed E-state index contributed by atoms with van der Waals surface area (Å²) in [6.07, 6.45) is -0.0723. The fraction of sp³-hybridized carbons (Fsp3) is 0.182. The van der Waals surface area contributed by atoms with Crippen molar-refractivity contribution < 1.29 is 9.90 Å². The summed E-state index contributed by atoms with van der Waals surface area (Å²) >= 11 is 9.74. The van der Waals surface area contributed by atoms with Crippen molar-refractivity contribution in [2.75, 3.05) is 5.75 Å². The zero-order chi connectivity index (χ0) is 11.3. The lowest BCUT2D eigenvalue weighted by Crippen LogP contribution is -2.02. The van der Waals surface area contributed by atoms with E-state index in [1.807, 2.05) is 0 Å². The summed E-state index contributed by atoms with van der Waals surface area (Å²) in [5.41, 5.74) is 1.32. The molecule has 0 aliphatic carbocycles. The number of rotatable bonds is 2. The summed E-state index contributed by atoms with van der Waals surface area (Å²) in [7, 11) is 0. The summed E-state index contributed by atoms with van der Waals surface area (Å²) in [5.74, 6) is 5.17. The third kappa shape index (κ3) is 3.86. The van der Waals surface area contributed by atoms with Gasteiger partial charge in [-0.2, -0.15) is 12.6 Å². The van der Waals surface area contributed by atoms with E-state index in [2.05, 4.69) is 24.5 Å². The molecule has 1 N–H and O–H groups in total. The molecule has 0 aromatic heterocycles. The average molecular weight is 241 g/mol. The van der Waals surface area contributed by atoms with Gasteiger partial charge < -0.3 is 5.11 Å². The molecule has 0 fully saturated rings. The number of halogens is 1. The Morgan fingerprint density at radius 1 is 1.53 bits per heavy atom. The smallest absolute Gasteiger partial charge is 0.307 e. The van der Waals surface area contributed by atoms with Gasteiger partial charge in [-0.25, -0.2) is 0 Å². The number of carbonyl (C=O) groups is 1. The molecule has 2 nitrogen and oxygen atoms in total. The second kappa shape index (κ2) is 5.69. The Labute approximate surface area is 98.7 Å². The van der Waals surface area contributed by atoms with Crippen LogP contribution in [0.25, 0.3) is 0 Å². The van der Waals surface area contributed by atoms with Gasteiger partial charge in [0.2, 0.25) is 0 Å². The highest BCUT2D eigenvalue weighted by Crippen LogP contribution is 2.16. The van der Waals surface area contributed by atoms with Crippen LogP contribution in [0.5, 0.6) is 0 Å². The molecular weight excluding hydrogens is 232 g/mol. The molecule has 0 saturated carbocycles. The Balaban J connectivity index is 3.08. The van der Waals surface area contributed by atoms with Crippen molar-refractivity contribution in [1.82, 2.24) is 0 Å². The van der Waals surface area contributed by atoms with E-state index in [0.717, 1.165) is 0 Å². The molecule has 0 aliphatic rings. The van der Waals surface area contributed by atoms with Gasteiger partial charge >= 0.3 is 5.97 Å². The van der Waals surface area contributed by atoms with E-state index < -0.39 is 5.97 Å². The highest BCUT2D eigenvalue weighted by Gasteiger charge is 2.05. The van der Waals surface area contributed by atoms with E-state index in [9.17, 15) is 4.79 Å². The van der Waals surface area contributed by atoms with E-state index in [0.29, 0.717) is 21.9 Å². The second-order valence-corrected chi connectivity index (χ2v) is 3.58. The van der Waals surface area contributed by atoms with Crippen LogP contribution in [0.3, 0.4) is 0 Å². The van der Waals surface area contributed by atoms with Gasteiger partial charge in [-0.15, -0.1) is 0 Å². The zero-order valence-corrected chi connectivity index (χ0v) is 9.48. The molecule has 0 amide bonds. The maximum absolute atomic E-state index is 10.6. The molecule has 15 heavy (non-hydrogen) atoms. The molecule has 0 saturated heterocycles. The highest BCUT2D eigenvalue weighted by atomic mass is 35.5. The minimum atomic E-state index is -0.897. The van der Waals surface area contributed by atoms with Crippen LogP contribution in [-0.4, -0.2) is 16.8 Å². The van der Waals surface area contributed by atoms with Crippen LogP contribution in [0.2, 0.25) is 5.02 Å². The van der Waals surface area contributed by atoms with Crippen LogP contribution in [-0.2, 0) is 11.2 Å². The van der Waals surface area contributed by atoms with E-state index in [1.165, 1.54) is 0 Å². The summed E-state index contributed by atoms with van der Waals surface area (Å²) in [4.78, 5) is 10.6. The normalized spacial score (nSPS) is 9.20. The van der Waals surface area contributed by atoms with Gasteiger partial charge in [-0.05, 0) is 23.8 Å². The molecule has 1 aromatic carbocycles. The quantitative estimate of drug-likeness (QED) is 0.615. The first-order valence-corrected chi connectivity index (χ1v) is 5.24. The van der Waals surface area contributed by atoms with Crippen LogP contribution < -0.4 is 0 Å². The number of aliphatic carboxylic acids is 1. The van der Waals surface area contributed by atoms with Gasteiger partial charge in [0.25, 0.3) is 0 Å². The molecule has 4 heteroatoms. The van der Waals surface area contributed by atoms with Crippen LogP contribution in [0.15, 0.2) is 18.2 Å². The maximum Gasteiger partial charge on any atom is 0.307 e. The molecule has 0 heterocycles. The van der Waals surface area contributed by atoms with Gasteiger partial charge in [0.05, 0.1) is 12.2 Å². The number of carboxylic acids is 1. The van der Waals surface area contributed by atoms with Crippen molar-refractivity contribution >= 4 is 30.2 Å². The van der Waals surface area contributed by atoms with Gasteiger partial charge in [-0.3, -0.25) is 4.79 Å². The molecular formula is C11H9ClO2S. The maximum atomic E-state index is 10.6. The Morgan fingerprint density at radius 2 is 2.27 bits per heavy atom. The lowest BCUT2D eigenvalue weighted by atomic mass is 10.1. The standard InChI is InChI=1S/C11H9ClO2S/c12-10-4-3-8(2-1-5-15)9(6-10)7-11(13)14/h3-4,6,15H,5,7H2,(H,13,14). The third-order valence-electron chi connectivity index (χ3n) is 1.71. The minimum Gasteiger partial charge on any atom is -0.481 e. The minimum absolute atomic E-state index is 0.0723. The fourth-order valence-electron chi connectivity index (χ4n) is 1.13. The summed E-state index contributed by atoms with van der Waals surface area (Å²) < 4.78 is 0. The molecule has 1 aromatic rings. The highest BCUT2D eigenvalue weighted by molar-refractivity contribution is 7.80. The van der Waals surface area contributed by atoms with Crippen LogP contribution in [0.4, 0.5) is 0 Å². The molecule has 0 atom stereocenters. The molecule has 1 rings (SSSR count). The average Bonchev–Trinajstić information content (AvgIpc) is 2.16. The Morgan fingerprint density at radius 3 is 2.87 bits per heavy atom. The monoisotopic (exact) mass is 240 g/mol. The van der Waals surface area contributed by atoms with Gasteiger partial charge in [0.15, 0.2) is 0 Å². The topological polar surface area (TPSA) is 37.3 Å². The van der Waals surface area contributed by atoms with Crippen molar-refractivity contribution in [3.8, 4) is 11.8 Å². The second-order valence-electron chi connectivity index (χ2n) is 2.83. The van der Waals surface area contributed by atoms with Crippen molar-refractivity contribution in [2.45, 2.75) is 6.42 Å². The molecule has 78 valence electrons. The summed E-state index contributed by atoms with van der Waals surface area (Å²) in [5, 5.41) is 9.22.